The molecule has 0 radical (unpaired) electrons. The summed E-state index contributed by atoms with van der Waals surface area (Å²) in [6, 6.07) is 0. The van der Waals surface area contributed by atoms with Gasteiger partial charge >= 0.3 is 5.97 Å². The van der Waals surface area contributed by atoms with Crippen molar-refractivity contribution in [2.45, 2.75) is 6.92 Å². The first-order chi connectivity index (χ1) is 5.18. The third-order valence-electron chi connectivity index (χ3n) is 1.00. The molecule has 0 atom stereocenters. The number of hydrogen-bond acceptors (Lipinski definition) is 3. The van der Waals surface area contributed by atoms with Crippen LogP contribution >= 0.6 is 23.5 Å². The first kappa shape index (κ1) is 10.9. The van der Waals surface area contributed by atoms with E-state index in [1.54, 1.807) is 35.9 Å². The molecule has 0 aliphatic rings. The highest BCUT2D eigenvalue weighted by Gasteiger charge is 1.97. The van der Waals surface area contributed by atoms with E-state index in [1.165, 1.54) is 0 Å². The maximum Gasteiger partial charge on any atom is 0.331 e. The fraction of sp³-hybridized carbons (Fsp3) is 0.571. The minimum absolute atomic E-state index is 0.413. The standard InChI is InChI=1S/C7H12O2S2/c1-6(7(8)9)5-11-4-3-10-2/h5H,3-4H2,1-2H3,(H,8,9)/b6-5+. The molecular formula is C7H12O2S2. The van der Waals surface area contributed by atoms with Crippen molar-refractivity contribution in [1.82, 2.24) is 0 Å². The highest BCUT2D eigenvalue weighted by atomic mass is 32.2. The lowest BCUT2D eigenvalue weighted by Crippen LogP contribution is -1.94. The van der Waals surface area contributed by atoms with E-state index in [0.29, 0.717) is 5.57 Å². The zero-order chi connectivity index (χ0) is 8.69. The molecule has 64 valence electrons. The topological polar surface area (TPSA) is 37.3 Å². The molecule has 0 unspecified atom stereocenters. The van der Waals surface area contributed by atoms with Gasteiger partial charge in [0.05, 0.1) is 0 Å². The Morgan fingerprint density at radius 1 is 1.55 bits per heavy atom. The zero-order valence-electron chi connectivity index (χ0n) is 6.66. The van der Waals surface area contributed by atoms with Crippen LogP contribution in [0.15, 0.2) is 11.0 Å². The highest BCUT2D eigenvalue weighted by Crippen LogP contribution is 2.08. The number of aliphatic carboxylic acids is 1. The molecule has 4 heteroatoms. The van der Waals surface area contributed by atoms with Crippen LogP contribution in [0.1, 0.15) is 6.92 Å². The quantitative estimate of drug-likeness (QED) is 0.534. The van der Waals surface area contributed by atoms with Gasteiger partial charge in [-0.15, -0.1) is 11.8 Å². The predicted molar refractivity (Wildman–Crippen MR) is 52.2 cm³/mol. The number of carboxylic acids is 1. The molecular weight excluding hydrogens is 180 g/mol. The average Bonchev–Trinajstić information content (AvgIpc) is 1.97. The van der Waals surface area contributed by atoms with Crippen LogP contribution < -0.4 is 0 Å². The molecule has 2 nitrogen and oxygen atoms in total. The summed E-state index contributed by atoms with van der Waals surface area (Å²) in [7, 11) is 0. The van der Waals surface area contributed by atoms with Crippen LogP contribution in [0.3, 0.4) is 0 Å². The minimum Gasteiger partial charge on any atom is -0.478 e. The Balaban J connectivity index is 3.48. The number of carbonyl (C=O) groups is 1. The Morgan fingerprint density at radius 2 is 2.18 bits per heavy atom. The van der Waals surface area contributed by atoms with Gasteiger partial charge in [-0.25, -0.2) is 4.79 Å². The average molecular weight is 192 g/mol. The van der Waals surface area contributed by atoms with Crippen LogP contribution in [0.5, 0.6) is 0 Å². The molecule has 0 spiro atoms. The molecule has 0 aliphatic heterocycles. The summed E-state index contributed by atoms with van der Waals surface area (Å²) in [4.78, 5) is 10.3. The van der Waals surface area contributed by atoms with Gasteiger partial charge in [-0.1, -0.05) is 0 Å². The van der Waals surface area contributed by atoms with Crippen LogP contribution in [-0.2, 0) is 4.79 Å². The van der Waals surface area contributed by atoms with Gasteiger partial charge in [-0.3, -0.25) is 0 Å². The maximum absolute atomic E-state index is 10.3. The number of hydrogen-bond donors (Lipinski definition) is 1. The number of carboxylic acid groups (broad SMARTS) is 1. The first-order valence-electron chi connectivity index (χ1n) is 3.19. The van der Waals surface area contributed by atoms with Gasteiger partial charge < -0.3 is 5.11 Å². The predicted octanol–water partition coefficient (Wildman–Crippen LogP) is 2.07. The van der Waals surface area contributed by atoms with Gasteiger partial charge in [0.25, 0.3) is 0 Å². The van der Waals surface area contributed by atoms with Gasteiger partial charge in [0.15, 0.2) is 0 Å². The molecule has 0 rings (SSSR count). The third-order valence-corrected chi connectivity index (χ3v) is 2.83. The van der Waals surface area contributed by atoms with Crippen LogP contribution in [0, 0.1) is 0 Å². The summed E-state index contributed by atoms with van der Waals surface area (Å²) >= 11 is 3.31. The van der Waals surface area contributed by atoms with Gasteiger partial charge in [0.2, 0.25) is 0 Å². The highest BCUT2D eigenvalue weighted by molar-refractivity contribution is 8.04. The molecule has 0 saturated heterocycles. The molecule has 0 saturated carbocycles. The van der Waals surface area contributed by atoms with Crippen molar-refractivity contribution in [3.63, 3.8) is 0 Å². The minimum atomic E-state index is -0.832. The van der Waals surface area contributed by atoms with E-state index >= 15 is 0 Å². The maximum atomic E-state index is 10.3. The van der Waals surface area contributed by atoms with Crippen molar-refractivity contribution >= 4 is 29.5 Å². The van der Waals surface area contributed by atoms with E-state index in [-0.39, 0.29) is 0 Å². The monoisotopic (exact) mass is 192 g/mol. The summed E-state index contributed by atoms with van der Waals surface area (Å²) in [6.45, 7) is 1.61. The molecule has 0 amide bonds. The molecule has 0 fully saturated rings. The molecule has 0 aromatic carbocycles. The second-order valence-electron chi connectivity index (χ2n) is 1.97. The van der Waals surface area contributed by atoms with Crippen LogP contribution in [-0.4, -0.2) is 28.8 Å². The van der Waals surface area contributed by atoms with Gasteiger partial charge in [-0.05, 0) is 18.6 Å². The molecule has 11 heavy (non-hydrogen) atoms. The van der Waals surface area contributed by atoms with E-state index < -0.39 is 5.97 Å². The lowest BCUT2D eigenvalue weighted by atomic mass is 10.4. The van der Waals surface area contributed by atoms with Crippen molar-refractivity contribution in [3.8, 4) is 0 Å². The van der Waals surface area contributed by atoms with E-state index in [4.69, 9.17) is 5.11 Å². The molecule has 0 heterocycles. The SMILES string of the molecule is CSCCS/C=C(\C)C(=O)O. The van der Waals surface area contributed by atoms with E-state index in [9.17, 15) is 4.79 Å². The van der Waals surface area contributed by atoms with Crippen molar-refractivity contribution < 1.29 is 9.90 Å². The van der Waals surface area contributed by atoms with Crippen LogP contribution in [0.4, 0.5) is 0 Å². The first-order valence-corrected chi connectivity index (χ1v) is 5.63. The Labute approximate surface area is 75.4 Å². The molecule has 0 aliphatic carbocycles. The molecule has 0 aromatic heterocycles. The van der Waals surface area contributed by atoms with Gasteiger partial charge in [0.1, 0.15) is 0 Å². The third kappa shape index (κ3) is 6.31. The largest absolute Gasteiger partial charge is 0.478 e. The Morgan fingerprint density at radius 3 is 2.64 bits per heavy atom. The molecule has 1 N–H and O–H groups in total. The zero-order valence-corrected chi connectivity index (χ0v) is 8.30. The van der Waals surface area contributed by atoms with E-state index in [2.05, 4.69) is 0 Å². The molecule has 0 bridgehead atoms. The van der Waals surface area contributed by atoms with Crippen molar-refractivity contribution in [3.05, 3.63) is 11.0 Å². The van der Waals surface area contributed by atoms with Crippen LogP contribution in [0.25, 0.3) is 0 Å². The summed E-state index contributed by atoms with van der Waals surface area (Å²) < 4.78 is 0. The summed E-state index contributed by atoms with van der Waals surface area (Å²) in [5, 5.41) is 10.1. The van der Waals surface area contributed by atoms with Gasteiger partial charge in [-0.2, -0.15) is 11.8 Å². The Kier molecular flexibility index (Phi) is 6.56. The fourth-order valence-corrected chi connectivity index (χ4v) is 1.89. The lowest BCUT2D eigenvalue weighted by molar-refractivity contribution is -0.132. The smallest absolute Gasteiger partial charge is 0.331 e. The number of rotatable bonds is 5. The normalized spacial score (nSPS) is 11.6. The Bertz CT molecular complexity index is 155. The van der Waals surface area contributed by atoms with Crippen molar-refractivity contribution in [2.75, 3.05) is 17.8 Å². The lowest BCUT2D eigenvalue weighted by Gasteiger charge is -1.93. The fourth-order valence-electron chi connectivity index (χ4n) is 0.366. The van der Waals surface area contributed by atoms with E-state index in [0.717, 1.165) is 11.5 Å². The summed E-state index contributed by atoms with van der Waals surface area (Å²) in [6.07, 6.45) is 2.04. The van der Waals surface area contributed by atoms with Gasteiger partial charge in [0, 0.05) is 17.1 Å². The van der Waals surface area contributed by atoms with E-state index in [1.807, 2.05) is 6.26 Å². The summed E-state index contributed by atoms with van der Waals surface area (Å²) in [5.41, 5.74) is 0.413. The summed E-state index contributed by atoms with van der Waals surface area (Å²) in [5.74, 6) is 1.21. The molecule has 0 aromatic rings. The van der Waals surface area contributed by atoms with Crippen molar-refractivity contribution in [2.24, 2.45) is 0 Å². The second-order valence-corrected chi connectivity index (χ2v) is 3.93. The van der Waals surface area contributed by atoms with Crippen LogP contribution in [0.2, 0.25) is 0 Å². The van der Waals surface area contributed by atoms with Crippen molar-refractivity contribution in [1.29, 1.82) is 0 Å². The number of thioether (sulfide) groups is 2. The second kappa shape index (κ2) is 6.61. The Hall–Kier alpha value is -0.0900.